The Kier molecular flexibility index (Phi) is 8.81. The Morgan fingerprint density at radius 1 is 1.24 bits per heavy atom. The summed E-state index contributed by atoms with van der Waals surface area (Å²) in [4.78, 5) is 30.0. The van der Waals surface area contributed by atoms with Gasteiger partial charge in [0.25, 0.3) is 0 Å². The maximum absolute atomic E-state index is 13.5. The zero-order valence-corrected chi connectivity index (χ0v) is 21.3. The van der Waals surface area contributed by atoms with Crippen LogP contribution in [0.5, 0.6) is 0 Å². The summed E-state index contributed by atoms with van der Waals surface area (Å²) in [6.07, 6.45) is 0.640. The summed E-state index contributed by atoms with van der Waals surface area (Å²) in [5.74, 6) is -1.19. The van der Waals surface area contributed by atoms with Crippen molar-refractivity contribution in [3.63, 3.8) is 0 Å². The van der Waals surface area contributed by atoms with Gasteiger partial charge in [0.2, 0.25) is 0 Å². The molecular formula is C27H31F3N4O3. The lowest BCUT2D eigenvalue weighted by molar-refractivity contribution is -0.139. The summed E-state index contributed by atoms with van der Waals surface area (Å²) in [5, 5.41) is 12.2. The van der Waals surface area contributed by atoms with Gasteiger partial charge < -0.3 is 10.1 Å². The van der Waals surface area contributed by atoms with E-state index in [1.807, 2.05) is 31.7 Å². The van der Waals surface area contributed by atoms with E-state index < -0.39 is 29.8 Å². The number of benzene rings is 1. The van der Waals surface area contributed by atoms with Gasteiger partial charge in [-0.2, -0.15) is 18.4 Å². The Hall–Kier alpha value is -3.58. The van der Waals surface area contributed by atoms with Crippen LogP contribution in [-0.4, -0.2) is 49.2 Å². The number of rotatable bonds is 8. The van der Waals surface area contributed by atoms with Gasteiger partial charge in [0, 0.05) is 6.54 Å². The number of nitriles is 1. The summed E-state index contributed by atoms with van der Waals surface area (Å²) in [6, 6.07) is 5.11. The number of esters is 1. The predicted octanol–water partition coefficient (Wildman–Crippen LogP) is 5.03. The van der Waals surface area contributed by atoms with Crippen LogP contribution in [0.15, 0.2) is 59.3 Å². The molecule has 0 fully saturated rings. The SMILES string of the molecule is CCOC(=O)C1=C(CN(CC)CC)N(c2cccc(C(F)(F)F)c2)C(=O)NC1C1=CC(C)C(C#N)C=C1. The van der Waals surface area contributed by atoms with E-state index in [0.717, 1.165) is 17.0 Å². The molecule has 198 valence electrons. The minimum atomic E-state index is -4.61. The standard InChI is InChI=1S/C27H31F3N4O3/c1-5-33(6-2)16-22-23(25(35)37-7-3)24(18-11-12-19(15-31)17(4)13-18)32-26(36)34(22)21-10-8-9-20(14-21)27(28,29)30/h8-14,17,19,24H,5-7,16H2,1-4H3,(H,32,36). The van der Waals surface area contributed by atoms with Gasteiger partial charge in [0.1, 0.15) is 0 Å². The first kappa shape index (κ1) is 28.0. The molecule has 1 heterocycles. The van der Waals surface area contributed by atoms with Crippen molar-refractivity contribution < 1.29 is 27.5 Å². The van der Waals surface area contributed by atoms with Crippen molar-refractivity contribution in [3.8, 4) is 6.07 Å². The molecule has 0 saturated carbocycles. The number of alkyl halides is 3. The van der Waals surface area contributed by atoms with Crippen molar-refractivity contribution in [1.29, 1.82) is 5.26 Å². The number of nitrogens with zero attached hydrogens (tertiary/aromatic N) is 3. The number of carbonyl (C=O) groups is 2. The van der Waals surface area contributed by atoms with E-state index in [-0.39, 0.29) is 41.9 Å². The molecule has 2 aliphatic rings. The molecule has 2 amide bonds. The normalized spacial score (nSPS) is 22.0. The third-order valence-corrected chi connectivity index (χ3v) is 6.54. The molecule has 0 radical (unpaired) electrons. The molecule has 1 aromatic rings. The van der Waals surface area contributed by atoms with E-state index in [0.29, 0.717) is 18.7 Å². The highest BCUT2D eigenvalue weighted by Crippen LogP contribution is 2.36. The molecule has 10 heteroatoms. The lowest BCUT2D eigenvalue weighted by atomic mass is 9.83. The van der Waals surface area contributed by atoms with Gasteiger partial charge in [-0.25, -0.2) is 9.59 Å². The minimum Gasteiger partial charge on any atom is -0.463 e. The fourth-order valence-electron chi connectivity index (χ4n) is 4.48. The number of urea groups is 1. The second-order valence-electron chi connectivity index (χ2n) is 8.85. The Labute approximate surface area is 214 Å². The summed E-state index contributed by atoms with van der Waals surface area (Å²) < 4.78 is 45.9. The van der Waals surface area contributed by atoms with Gasteiger partial charge in [0.15, 0.2) is 0 Å². The van der Waals surface area contributed by atoms with E-state index >= 15 is 0 Å². The van der Waals surface area contributed by atoms with Crippen LogP contribution >= 0.6 is 0 Å². The van der Waals surface area contributed by atoms with Crippen molar-refractivity contribution in [2.45, 2.75) is 39.9 Å². The number of ether oxygens (including phenoxy) is 1. The molecule has 0 saturated heterocycles. The second kappa shape index (κ2) is 11.6. The van der Waals surface area contributed by atoms with E-state index in [1.54, 1.807) is 19.1 Å². The molecule has 3 unspecified atom stereocenters. The first-order valence-corrected chi connectivity index (χ1v) is 12.3. The predicted molar refractivity (Wildman–Crippen MR) is 133 cm³/mol. The van der Waals surface area contributed by atoms with Crippen LogP contribution in [-0.2, 0) is 15.7 Å². The van der Waals surface area contributed by atoms with Gasteiger partial charge in [-0.1, -0.05) is 45.1 Å². The third kappa shape index (κ3) is 6.05. The van der Waals surface area contributed by atoms with Crippen molar-refractivity contribution in [2.75, 3.05) is 31.1 Å². The van der Waals surface area contributed by atoms with Crippen LogP contribution in [0.25, 0.3) is 0 Å². The highest BCUT2D eigenvalue weighted by atomic mass is 19.4. The van der Waals surface area contributed by atoms with Crippen LogP contribution < -0.4 is 10.2 Å². The number of nitrogens with one attached hydrogen (secondary N) is 1. The first-order chi connectivity index (χ1) is 17.5. The fourth-order valence-corrected chi connectivity index (χ4v) is 4.48. The number of anilines is 1. The molecule has 3 rings (SSSR count). The van der Waals surface area contributed by atoms with Crippen LogP contribution in [0.2, 0.25) is 0 Å². The Bertz CT molecular complexity index is 1160. The lowest BCUT2D eigenvalue weighted by Crippen LogP contribution is -2.55. The van der Waals surface area contributed by atoms with E-state index in [9.17, 15) is 28.0 Å². The van der Waals surface area contributed by atoms with Gasteiger partial charge in [0.05, 0.1) is 47.2 Å². The molecule has 0 spiro atoms. The Balaban J connectivity index is 2.25. The van der Waals surface area contributed by atoms with E-state index in [1.165, 1.54) is 12.1 Å². The zero-order chi connectivity index (χ0) is 27.3. The molecule has 37 heavy (non-hydrogen) atoms. The van der Waals surface area contributed by atoms with Crippen LogP contribution in [0.1, 0.15) is 33.3 Å². The van der Waals surface area contributed by atoms with Gasteiger partial charge >= 0.3 is 18.2 Å². The molecule has 0 aromatic heterocycles. The number of allylic oxidation sites excluding steroid dienone is 2. The van der Waals surface area contributed by atoms with E-state index in [2.05, 4.69) is 11.4 Å². The molecule has 1 aliphatic carbocycles. The molecule has 0 bridgehead atoms. The van der Waals surface area contributed by atoms with Crippen molar-refractivity contribution in [1.82, 2.24) is 10.2 Å². The average Bonchev–Trinajstić information content (AvgIpc) is 2.86. The number of halogens is 3. The van der Waals surface area contributed by atoms with Crippen molar-refractivity contribution in [2.24, 2.45) is 11.8 Å². The summed E-state index contributed by atoms with van der Waals surface area (Å²) >= 11 is 0. The number of hydrogen-bond acceptors (Lipinski definition) is 5. The van der Waals surface area contributed by atoms with E-state index in [4.69, 9.17) is 4.74 Å². The van der Waals surface area contributed by atoms with Crippen LogP contribution in [0.4, 0.5) is 23.7 Å². The quantitative estimate of drug-likeness (QED) is 0.490. The van der Waals surface area contributed by atoms with Crippen LogP contribution in [0.3, 0.4) is 0 Å². The lowest BCUT2D eigenvalue weighted by Gasteiger charge is -2.39. The molecule has 1 aromatic carbocycles. The number of hydrogen-bond donors (Lipinski definition) is 1. The maximum Gasteiger partial charge on any atom is 0.416 e. The molecular weight excluding hydrogens is 485 g/mol. The average molecular weight is 517 g/mol. The maximum atomic E-state index is 13.5. The molecule has 1 N–H and O–H groups in total. The number of likely N-dealkylation sites (N-methyl/N-ethyl adjacent to an activating group) is 1. The zero-order valence-electron chi connectivity index (χ0n) is 21.3. The Morgan fingerprint density at radius 3 is 2.51 bits per heavy atom. The number of carbonyl (C=O) groups excluding carboxylic acids is 2. The molecule has 7 nitrogen and oxygen atoms in total. The van der Waals surface area contributed by atoms with Gasteiger partial charge in [-0.3, -0.25) is 9.80 Å². The minimum absolute atomic E-state index is 0.0131. The summed E-state index contributed by atoms with van der Waals surface area (Å²) in [7, 11) is 0. The summed E-state index contributed by atoms with van der Waals surface area (Å²) in [5.41, 5.74) is 0.0786. The monoisotopic (exact) mass is 516 g/mol. The summed E-state index contributed by atoms with van der Waals surface area (Å²) in [6.45, 7) is 8.73. The molecule has 1 aliphatic heterocycles. The van der Waals surface area contributed by atoms with Crippen LogP contribution in [0, 0.1) is 23.2 Å². The van der Waals surface area contributed by atoms with Crippen molar-refractivity contribution in [3.05, 3.63) is 64.9 Å². The highest BCUT2D eigenvalue weighted by molar-refractivity contribution is 6.04. The van der Waals surface area contributed by atoms with Gasteiger partial charge in [-0.15, -0.1) is 0 Å². The first-order valence-electron chi connectivity index (χ1n) is 12.3. The smallest absolute Gasteiger partial charge is 0.416 e. The Morgan fingerprint density at radius 2 is 1.95 bits per heavy atom. The molecule has 3 atom stereocenters. The topological polar surface area (TPSA) is 85.7 Å². The van der Waals surface area contributed by atoms with Crippen molar-refractivity contribution >= 4 is 17.7 Å². The largest absolute Gasteiger partial charge is 0.463 e. The fraction of sp³-hybridized carbons (Fsp3) is 0.444. The highest BCUT2D eigenvalue weighted by Gasteiger charge is 2.41. The number of amides is 2. The third-order valence-electron chi connectivity index (χ3n) is 6.54. The second-order valence-corrected chi connectivity index (χ2v) is 8.85. The van der Waals surface area contributed by atoms with Gasteiger partial charge in [-0.05, 0) is 49.7 Å².